The Morgan fingerprint density at radius 2 is 2.11 bits per heavy atom. The highest BCUT2D eigenvalue weighted by Gasteiger charge is 2.43. The molecule has 3 nitrogen and oxygen atoms in total. The predicted octanol–water partition coefficient (Wildman–Crippen LogP) is 2.56. The maximum absolute atomic E-state index is 12.8. The highest BCUT2D eigenvalue weighted by Crippen LogP contribution is 2.36. The van der Waals surface area contributed by atoms with E-state index in [0.29, 0.717) is 12.1 Å². The van der Waals surface area contributed by atoms with Crippen LogP contribution in [0, 0.1) is 5.92 Å². The number of fused-ring (bicyclic) bond motifs is 3. The first-order valence-electron chi connectivity index (χ1n) is 6.96. The molecule has 0 saturated carbocycles. The first-order chi connectivity index (χ1) is 9.33. The summed E-state index contributed by atoms with van der Waals surface area (Å²) in [5.74, 6) is 0.412. The Bertz CT molecular complexity index is 647. The molecule has 2 saturated heterocycles. The minimum Gasteiger partial charge on any atom is -0.310 e. The molecule has 96 valence electrons. The third-order valence-electron chi connectivity index (χ3n) is 4.57. The van der Waals surface area contributed by atoms with Gasteiger partial charge in [-0.1, -0.05) is 24.3 Å². The minimum absolute atomic E-state index is 0.145. The summed E-state index contributed by atoms with van der Waals surface area (Å²) in [5.41, 5.74) is 0.789. The van der Waals surface area contributed by atoms with E-state index in [1.54, 1.807) is 6.20 Å². The summed E-state index contributed by atoms with van der Waals surface area (Å²) in [6.45, 7) is 0. The lowest BCUT2D eigenvalue weighted by Crippen LogP contribution is -2.29. The van der Waals surface area contributed by atoms with Crippen LogP contribution >= 0.6 is 0 Å². The molecule has 0 aliphatic carbocycles. The fourth-order valence-electron chi connectivity index (χ4n) is 3.63. The standard InChI is InChI=1S/C16H16N2O/c19-16(13-7-11-5-6-15(13)18-11)14-9-17-8-10-3-1-2-4-12(10)14/h1-4,8-9,11,13,15,18H,5-7H2. The molecule has 0 radical (unpaired) electrons. The van der Waals surface area contributed by atoms with Crippen LogP contribution in [-0.4, -0.2) is 22.9 Å². The summed E-state index contributed by atoms with van der Waals surface area (Å²) in [6, 6.07) is 8.94. The number of hydrogen-bond acceptors (Lipinski definition) is 3. The monoisotopic (exact) mass is 252 g/mol. The Hall–Kier alpha value is -1.74. The topological polar surface area (TPSA) is 42.0 Å². The van der Waals surface area contributed by atoms with Crippen molar-refractivity contribution in [2.24, 2.45) is 5.92 Å². The summed E-state index contributed by atoms with van der Waals surface area (Å²) in [7, 11) is 0. The van der Waals surface area contributed by atoms with Gasteiger partial charge < -0.3 is 5.32 Å². The predicted molar refractivity (Wildman–Crippen MR) is 74.1 cm³/mol. The molecule has 1 N–H and O–H groups in total. The van der Waals surface area contributed by atoms with Crippen molar-refractivity contribution in [3.63, 3.8) is 0 Å². The van der Waals surface area contributed by atoms with Crippen LogP contribution in [-0.2, 0) is 0 Å². The van der Waals surface area contributed by atoms with Gasteiger partial charge in [-0.2, -0.15) is 0 Å². The zero-order chi connectivity index (χ0) is 12.8. The number of carbonyl (C=O) groups excluding carboxylic acids is 1. The fourth-order valence-corrected chi connectivity index (χ4v) is 3.63. The van der Waals surface area contributed by atoms with Crippen molar-refractivity contribution in [1.82, 2.24) is 10.3 Å². The quantitative estimate of drug-likeness (QED) is 0.835. The summed E-state index contributed by atoms with van der Waals surface area (Å²) in [6.07, 6.45) is 6.91. The number of nitrogens with one attached hydrogen (secondary N) is 1. The summed E-state index contributed by atoms with van der Waals surface area (Å²) in [4.78, 5) is 17.0. The maximum Gasteiger partial charge on any atom is 0.169 e. The van der Waals surface area contributed by atoms with Crippen LogP contribution in [0.2, 0.25) is 0 Å². The molecule has 2 bridgehead atoms. The highest BCUT2D eigenvalue weighted by atomic mass is 16.1. The van der Waals surface area contributed by atoms with Crippen molar-refractivity contribution in [3.8, 4) is 0 Å². The molecule has 3 heteroatoms. The summed E-state index contributed by atoms with van der Waals surface area (Å²) >= 11 is 0. The molecular weight excluding hydrogens is 236 g/mol. The summed E-state index contributed by atoms with van der Waals surface area (Å²) < 4.78 is 0. The van der Waals surface area contributed by atoms with Gasteiger partial charge in [-0.25, -0.2) is 0 Å². The van der Waals surface area contributed by atoms with Crippen LogP contribution in [0.1, 0.15) is 29.6 Å². The second kappa shape index (κ2) is 4.14. The molecule has 0 spiro atoms. The number of benzene rings is 1. The van der Waals surface area contributed by atoms with Gasteiger partial charge in [-0.05, 0) is 24.6 Å². The van der Waals surface area contributed by atoms with Crippen LogP contribution in [0.5, 0.6) is 0 Å². The van der Waals surface area contributed by atoms with E-state index in [-0.39, 0.29) is 11.7 Å². The van der Waals surface area contributed by atoms with Crippen LogP contribution in [0.15, 0.2) is 36.7 Å². The van der Waals surface area contributed by atoms with Crippen LogP contribution < -0.4 is 5.32 Å². The van der Waals surface area contributed by atoms with E-state index in [4.69, 9.17) is 0 Å². The van der Waals surface area contributed by atoms with Gasteiger partial charge in [0.05, 0.1) is 0 Å². The second-order valence-corrected chi connectivity index (χ2v) is 5.66. The third-order valence-corrected chi connectivity index (χ3v) is 4.57. The van der Waals surface area contributed by atoms with Crippen LogP contribution in [0.4, 0.5) is 0 Å². The van der Waals surface area contributed by atoms with E-state index in [9.17, 15) is 4.79 Å². The molecule has 3 heterocycles. The second-order valence-electron chi connectivity index (χ2n) is 5.66. The average Bonchev–Trinajstić information content (AvgIpc) is 3.08. The SMILES string of the molecule is O=C(c1cncc2ccccc12)C1CC2CCC1N2. The van der Waals surface area contributed by atoms with Crippen LogP contribution in [0.25, 0.3) is 10.8 Å². The molecule has 2 aromatic rings. The van der Waals surface area contributed by atoms with E-state index < -0.39 is 0 Å². The Morgan fingerprint density at radius 1 is 1.21 bits per heavy atom. The lowest BCUT2D eigenvalue weighted by Gasteiger charge is -2.19. The number of carbonyl (C=O) groups is 1. The molecule has 19 heavy (non-hydrogen) atoms. The third kappa shape index (κ3) is 1.69. The van der Waals surface area contributed by atoms with Gasteiger partial charge in [0.25, 0.3) is 0 Å². The molecule has 2 aliphatic rings. The first kappa shape index (κ1) is 11.1. The van der Waals surface area contributed by atoms with Crippen molar-refractivity contribution < 1.29 is 4.79 Å². The lowest BCUT2D eigenvalue weighted by atomic mass is 9.83. The molecule has 4 rings (SSSR count). The van der Waals surface area contributed by atoms with Crippen molar-refractivity contribution in [2.75, 3.05) is 0 Å². The average molecular weight is 252 g/mol. The molecule has 3 unspecified atom stereocenters. The lowest BCUT2D eigenvalue weighted by molar-refractivity contribution is 0.0902. The zero-order valence-electron chi connectivity index (χ0n) is 10.7. The normalized spacial score (nSPS) is 28.9. The largest absolute Gasteiger partial charge is 0.310 e. The van der Waals surface area contributed by atoms with Gasteiger partial charge in [0.2, 0.25) is 0 Å². The van der Waals surface area contributed by atoms with Crippen molar-refractivity contribution in [2.45, 2.75) is 31.3 Å². The fraction of sp³-hybridized carbons (Fsp3) is 0.375. The van der Waals surface area contributed by atoms with E-state index in [2.05, 4.69) is 10.3 Å². The van der Waals surface area contributed by atoms with Gasteiger partial charge in [0.15, 0.2) is 5.78 Å². The van der Waals surface area contributed by atoms with Gasteiger partial charge in [0.1, 0.15) is 0 Å². The van der Waals surface area contributed by atoms with Gasteiger partial charge in [-0.3, -0.25) is 9.78 Å². The molecule has 2 aliphatic heterocycles. The maximum atomic E-state index is 12.8. The number of ketones is 1. The summed E-state index contributed by atoms with van der Waals surface area (Å²) in [5, 5.41) is 5.61. The number of aromatic nitrogens is 1. The number of pyridine rings is 1. The van der Waals surface area contributed by atoms with E-state index in [0.717, 1.165) is 29.2 Å². The molecular formula is C16H16N2O. The van der Waals surface area contributed by atoms with Crippen molar-refractivity contribution >= 4 is 16.6 Å². The Morgan fingerprint density at radius 3 is 2.89 bits per heavy atom. The number of Topliss-reactive ketones (excluding diaryl/α,β-unsaturated/α-hetero) is 1. The first-order valence-corrected chi connectivity index (χ1v) is 6.96. The van der Waals surface area contributed by atoms with E-state index in [1.807, 2.05) is 30.5 Å². The molecule has 1 aromatic carbocycles. The number of hydrogen-bond donors (Lipinski definition) is 1. The molecule has 1 aromatic heterocycles. The van der Waals surface area contributed by atoms with Crippen molar-refractivity contribution in [1.29, 1.82) is 0 Å². The van der Waals surface area contributed by atoms with Crippen molar-refractivity contribution in [3.05, 3.63) is 42.2 Å². The Labute approximate surface area is 112 Å². The van der Waals surface area contributed by atoms with E-state index >= 15 is 0 Å². The molecule has 2 fully saturated rings. The number of nitrogens with zero attached hydrogens (tertiary/aromatic N) is 1. The molecule has 3 atom stereocenters. The van der Waals surface area contributed by atoms with E-state index in [1.165, 1.54) is 6.42 Å². The van der Waals surface area contributed by atoms with Gasteiger partial charge in [-0.15, -0.1) is 0 Å². The highest BCUT2D eigenvalue weighted by molar-refractivity contribution is 6.09. The zero-order valence-corrected chi connectivity index (χ0v) is 10.7. The van der Waals surface area contributed by atoms with Gasteiger partial charge in [0, 0.05) is 41.3 Å². The van der Waals surface area contributed by atoms with Crippen LogP contribution in [0.3, 0.4) is 0 Å². The Kier molecular flexibility index (Phi) is 2.42. The van der Waals surface area contributed by atoms with Gasteiger partial charge >= 0.3 is 0 Å². The molecule has 0 amide bonds. The smallest absolute Gasteiger partial charge is 0.169 e. The number of rotatable bonds is 2. The Balaban J connectivity index is 1.76. The minimum atomic E-state index is 0.145.